The first-order chi connectivity index (χ1) is 28.9. The van der Waals surface area contributed by atoms with Gasteiger partial charge in [-0.3, -0.25) is 37.3 Å². The smallest absolute Gasteiger partial charge is 0.386 e. The minimum atomic E-state index is -5.59. The van der Waals surface area contributed by atoms with Gasteiger partial charge in [0.15, 0.2) is 22.8 Å². The van der Waals surface area contributed by atoms with E-state index < -0.39 is 84.6 Å². The molecule has 25 nitrogen and oxygen atoms in total. The summed E-state index contributed by atoms with van der Waals surface area (Å²) >= 11 is 1.06. The van der Waals surface area contributed by atoms with Crippen LogP contribution in [-0.4, -0.2) is 128 Å². The van der Waals surface area contributed by atoms with Crippen LogP contribution in [0.25, 0.3) is 11.2 Å². The van der Waals surface area contributed by atoms with Crippen LogP contribution in [0.5, 0.6) is 0 Å². The lowest BCUT2D eigenvalue weighted by Crippen LogP contribution is -2.46. The Balaban J connectivity index is 1.18. The van der Waals surface area contributed by atoms with Crippen molar-refractivity contribution in [2.45, 2.75) is 89.9 Å². The number of hydrogen-bond donors (Lipinski definition) is 9. The molecule has 0 spiro atoms. The number of anilines is 1. The number of imidazole rings is 1. The maximum atomic E-state index is 12.7. The summed E-state index contributed by atoms with van der Waals surface area (Å²) in [5.74, 6) is -1.18. The van der Waals surface area contributed by atoms with Crippen LogP contribution >= 0.6 is 35.2 Å². The van der Waals surface area contributed by atoms with Crippen molar-refractivity contribution in [3.63, 3.8) is 0 Å². The molecular weight excluding hydrogens is 907 g/mol. The maximum absolute atomic E-state index is 12.7. The topological polar surface area (TPSA) is 381 Å². The molecular formula is C33H52N7O18P3S. The van der Waals surface area contributed by atoms with Crippen LogP contribution in [0, 0.1) is 17.3 Å². The summed E-state index contributed by atoms with van der Waals surface area (Å²) in [6, 6.07) is 0. The number of allylic oxidation sites excluding steroid dienone is 2. The van der Waals surface area contributed by atoms with E-state index in [0.717, 1.165) is 35.4 Å². The lowest BCUT2D eigenvalue weighted by atomic mass is 9.87. The van der Waals surface area contributed by atoms with Crippen LogP contribution in [0.2, 0.25) is 0 Å². The number of Topliss-reactive ketones (excluding diaryl/α,β-unsaturated/α-hetero) is 1. The minimum absolute atomic E-state index is 0.00285. The third kappa shape index (κ3) is 15.0. The molecule has 2 unspecified atom stereocenters. The van der Waals surface area contributed by atoms with E-state index in [4.69, 9.17) is 19.5 Å². The van der Waals surface area contributed by atoms with E-state index in [1.54, 1.807) is 0 Å². The highest BCUT2D eigenvalue weighted by molar-refractivity contribution is 8.13. The molecule has 2 aromatic heterocycles. The molecule has 2 aromatic rings. The van der Waals surface area contributed by atoms with Gasteiger partial charge in [0.25, 0.3) is 0 Å². The number of carbonyl (C=O) groups is 4. The summed E-state index contributed by atoms with van der Waals surface area (Å²) in [7, 11) is -16.4. The number of aliphatic hydroxyl groups is 2. The summed E-state index contributed by atoms with van der Waals surface area (Å²) in [5, 5.41) is 26.4. The third-order valence-electron chi connectivity index (χ3n) is 9.73. The molecule has 0 aromatic carbocycles. The number of thioether (sulfide) groups is 1. The number of aliphatic hydroxyl groups excluding tert-OH is 2. The highest BCUT2D eigenvalue weighted by atomic mass is 32.2. The fraction of sp³-hybridized carbons (Fsp3) is 0.667. The predicted octanol–water partition coefficient (Wildman–Crippen LogP) is 1.01. The largest absolute Gasteiger partial charge is 0.481 e. The van der Waals surface area contributed by atoms with Crippen molar-refractivity contribution in [2.75, 3.05) is 37.8 Å². The van der Waals surface area contributed by atoms with Crippen LogP contribution in [0.4, 0.5) is 5.82 Å². The summed E-state index contributed by atoms with van der Waals surface area (Å²) in [5.41, 5.74) is 4.24. The number of amides is 2. The number of aromatic nitrogens is 4. The fourth-order valence-electron chi connectivity index (χ4n) is 6.52. The monoisotopic (exact) mass is 959 g/mol. The molecule has 1 aliphatic carbocycles. The molecule has 0 radical (unpaired) electrons. The van der Waals surface area contributed by atoms with E-state index in [0.29, 0.717) is 25.0 Å². The van der Waals surface area contributed by atoms with Gasteiger partial charge in [0.05, 0.1) is 19.5 Å². The number of nitrogens with one attached hydrogen (secondary N) is 2. The predicted molar refractivity (Wildman–Crippen MR) is 217 cm³/mol. The highest BCUT2D eigenvalue weighted by Crippen LogP contribution is 2.61. The Labute approximate surface area is 359 Å². The molecule has 1 aliphatic heterocycles. The number of phosphoric acid groups is 3. The standard InChI is InChI=1S/C33H52N7O18P3S/c1-4-5-6-7-20-19(8-9-21(20)41)14-24(43)62-13-12-35-23(42)10-11-36-31(46)28(45)33(2,3)16-55-61(52,53)58-60(50,51)54-15-22-27(57-59(47,48)49)26(44)32(56-22)40-18-39-25-29(34)37-17-38-30(25)40/h5-6,17-20,22,26-28,32,44-45H,4,7-16H2,1-3H3,(H,35,42)(H,36,46)(H,50,51)(H,52,53)(H2,34,37,38)(H2,47,48,49)/b6-5-/t19-,20+,22-,26-,27-,28+,32-/m1/s1. The van der Waals surface area contributed by atoms with Gasteiger partial charge in [-0.25, -0.2) is 28.6 Å². The molecule has 1 saturated heterocycles. The molecule has 3 heterocycles. The van der Waals surface area contributed by atoms with Crippen molar-refractivity contribution in [2.24, 2.45) is 17.3 Å². The van der Waals surface area contributed by atoms with E-state index in [-0.39, 0.29) is 65.6 Å². The van der Waals surface area contributed by atoms with Crippen LogP contribution in [-0.2, 0) is 55.5 Å². The number of ketones is 1. The molecule has 2 amide bonds. The lowest BCUT2D eigenvalue weighted by Gasteiger charge is -2.30. The quantitative estimate of drug-likeness (QED) is 0.0402. The Morgan fingerprint density at radius 1 is 1.08 bits per heavy atom. The first kappa shape index (κ1) is 51.6. The van der Waals surface area contributed by atoms with Gasteiger partial charge in [0.1, 0.15) is 42.0 Å². The lowest BCUT2D eigenvalue weighted by molar-refractivity contribution is -0.137. The Kier molecular flexibility index (Phi) is 18.5. The summed E-state index contributed by atoms with van der Waals surface area (Å²) in [6.07, 6.45) is -0.110. The number of nitrogen functional groups attached to an aromatic ring is 1. The van der Waals surface area contributed by atoms with Crippen molar-refractivity contribution in [1.82, 2.24) is 30.2 Å². The SMILES string of the molecule is CC/C=C\C[C@@H]1C(=O)CC[C@@H]1CC(=O)SCCNC(=O)CCNC(=O)[C@H](O)C(C)(C)COP(=O)(O)OP(=O)(O)OC[C@H]1O[C@@H](n2cnc3c(N)ncnc32)[C@H](O)[C@@H]1OP(=O)(O)O. The average Bonchev–Trinajstić information content (AvgIpc) is 3.85. The van der Waals surface area contributed by atoms with Gasteiger partial charge in [-0.1, -0.05) is 44.7 Å². The first-order valence-electron chi connectivity index (χ1n) is 19.2. The van der Waals surface area contributed by atoms with Crippen LogP contribution in [0.3, 0.4) is 0 Å². The van der Waals surface area contributed by atoms with Crippen molar-refractivity contribution >= 4 is 74.9 Å². The normalized spacial score (nSPS) is 24.6. The van der Waals surface area contributed by atoms with Crippen molar-refractivity contribution in [1.29, 1.82) is 0 Å². The molecule has 9 atom stereocenters. The molecule has 4 rings (SSSR count). The second-order valence-corrected chi connectivity index (χ2v) is 20.4. The third-order valence-corrected chi connectivity index (χ3v) is 13.7. The second-order valence-electron chi connectivity index (χ2n) is 15.0. The van der Waals surface area contributed by atoms with Gasteiger partial charge in [-0.15, -0.1) is 0 Å². The molecule has 348 valence electrons. The number of carbonyl (C=O) groups excluding carboxylic acids is 4. The average molecular weight is 960 g/mol. The van der Waals surface area contributed by atoms with Crippen molar-refractivity contribution < 1.29 is 85.3 Å². The molecule has 0 bridgehead atoms. The van der Waals surface area contributed by atoms with Crippen LogP contribution in [0.15, 0.2) is 24.8 Å². The van der Waals surface area contributed by atoms with E-state index >= 15 is 0 Å². The van der Waals surface area contributed by atoms with E-state index in [1.807, 2.05) is 19.1 Å². The maximum Gasteiger partial charge on any atom is 0.481 e. The summed E-state index contributed by atoms with van der Waals surface area (Å²) in [4.78, 5) is 101. The molecule has 2 fully saturated rings. The van der Waals surface area contributed by atoms with Crippen molar-refractivity contribution in [3.05, 3.63) is 24.8 Å². The van der Waals surface area contributed by atoms with Crippen molar-refractivity contribution in [3.8, 4) is 0 Å². The fourth-order valence-corrected chi connectivity index (χ4v) is 10.1. The molecule has 1 saturated carbocycles. The van der Waals surface area contributed by atoms with Gasteiger partial charge in [0, 0.05) is 49.4 Å². The molecule has 10 N–H and O–H groups in total. The number of phosphoric ester groups is 3. The first-order valence-corrected chi connectivity index (χ1v) is 24.7. The molecule has 2 aliphatic rings. The Morgan fingerprint density at radius 2 is 1.79 bits per heavy atom. The molecule has 62 heavy (non-hydrogen) atoms. The second kappa shape index (κ2) is 22.2. The Morgan fingerprint density at radius 3 is 2.48 bits per heavy atom. The van der Waals surface area contributed by atoms with Crippen LogP contribution in [0.1, 0.15) is 65.5 Å². The van der Waals surface area contributed by atoms with E-state index in [9.17, 15) is 62.7 Å². The highest BCUT2D eigenvalue weighted by Gasteiger charge is 2.50. The van der Waals surface area contributed by atoms with E-state index in [1.165, 1.54) is 13.8 Å². The van der Waals surface area contributed by atoms with Gasteiger partial charge >= 0.3 is 23.5 Å². The summed E-state index contributed by atoms with van der Waals surface area (Å²) in [6.45, 7) is 2.40. The number of rotatable bonds is 24. The zero-order chi connectivity index (χ0) is 46.0. The minimum Gasteiger partial charge on any atom is -0.386 e. The number of nitrogens with two attached hydrogens (primary N) is 1. The number of nitrogens with zero attached hydrogens (tertiary/aromatic N) is 4. The number of fused-ring (bicyclic) bond motifs is 1. The van der Waals surface area contributed by atoms with Gasteiger partial charge in [-0.2, -0.15) is 4.31 Å². The number of ether oxygens (including phenoxy) is 1. The summed E-state index contributed by atoms with van der Waals surface area (Å²) < 4.78 is 62.3. The van der Waals surface area contributed by atoms with E-state index in [2.05, 4.69) is 34.4 Å². The Hall–Kier alpha value is -3.03. The van der Waals surface area contributed by atoms with Gasteiger partial charge < -0.3 is 50.9 Å². The number of hydrogen-bond acceptors (Lipinski definition) is 19. The van der Waals surface area contributed by atoms with Crippen LogP contribution < -0.4 is 16.4 Å². The zero-order valence-electron chi connectivity index (χ0n) is 33.8. The zero-order valence-corrected chi connectivity index (χ0v) is 37.3. The van der Waals surface area contributed by atoms with Gasteiger partial charge in [0.2, 0.25) is 11.8 Å². The van der Waals surface area contributed by atoms with Gasteiger partial charge in [-0.05, 0) is 25.2 Å². The Bertz CT molecular complexity index is 2090. The molecule has 29 heteroatoms.